The van der Waals surface area contributed by atoms with Crippen LogP contribution < -0.4 is 5.73 Å². The van der Waals surface area contributed by atoms with Crippen LogP contribution in [-0.2, 0) is 6.42 Å². The molecule has 1 aromatic heterocycles. The first-order valence-electron chi connectivity index (χ1n) is 5.09. The van der Waals surface area contributed by atoms with Crippen LogP contribution in [0.25, 0.3) is 5.69 Å². The van der Waals surface area contributed by atoms with E-state index in [0.717, 1.165) is 17.9 Å². The Morgan fingerprint density at radius 1 is 1.50 bits per heavy atom. The highest BCUT2D eigenvalue weighted by molar-refractivity contribution is 5.66. The number of para-hydroxylation sites is 1. The molecule has 0 fully saturated rings. The van der Waals surface area contributed by atoms with Crippen molar-refractivity contribution in [2.75, 3.05) is 5.73 Å². The summed E-state index contributed by atoms with van der Waals surface area (Å²) >= 11 is 0. The molecule has 0 spiro atoms. The van der Waals surface area contributed by atoms with E-state index in [1.54, 1.807) is 12.3 Å². The summed E-state index contributed by atoms with van der Waals surface area (Å²) in [6.45, 7) is 2.03. The van der Waals surface area contributed by atoms with E-state index in [-0.39, 0.29) is 0 Å². The van der Waals surface area contributed by atoms with Gasteiger partial charge in [0.15, 0.2) is 0 Å². The average molecular weight is 212 g/mol. The van der Waals surface area contributed by atoms with E-state index in [2.05, 4.69) is 11.1 Å². The molecule has 2 aromatic rings. The van der Waals surface area contributed by atoms with Gasteiger partial charge >= 0.3 is 0 Å². The molecule has 1 aromatic carbocycles. The number of nitrogens with zero attached hydrogens (tertiary/aromatic N) is 3. The summed E-state index contributed by atoms with van der Waals surface area (Å²) in [5.74, 6) is 0.932. The maximum Gasteiger partial charge on any atom is 0.112 e. The number of imidazole rings is 1. The molecule has 0 unspecified atom stereocenters. The topological polar surface area (TPSA) is 67.6 Å². The number of rotatable bonds is 2. The van der Waals surface area contributed by atoms with Crippen LogP contribution in [0.15, 0.2) is 30.6 Å². The molecule has 0 saturated carbocycles. The van der Waals surface area contributed by atoms with Gasteiger partial charge in [-0.1, -0.05) is 13.0 Å². The van der Waals surface area contributed by atoms with E-state index in [9.17, 15) is 0 Å². The Morgan fingerprint density at radius 3 is 3.00 bits per heavy atom. The van der Waals surface area contributed by atoms with Gasteiger partial charge in [0.1, 0.15) is 11.9 Å². The molecule has 4 nitrogen and oxygen atoms in total. The molecular formula is C12H12N4. The van der Waals surface area contributed by atoms with Crippen molar-refractivity contribution in [1.82, 2.24) is 9.55 Å². The summed E-state index contributed by atoms with van der Waals surface area (Å²) in [5.41, 5.74) is 7.74. The van der Waals surface area contributed by atoms with Gasteiger partial charge in [0.25, 0.3) is 0 Å². The Morgan fingerprint density at radius 2 is 2.31 bits per heavy atom. The monoisotopic (exact) mass is 212 g/mol. The second-order valence-electron chi connectivity index (χ2n) is 3.42. The Labute approximate surface area is 94.0 Å². The quantitative estimate of drug-likeness (QED) is 0.773. The second kappa shape index (κ2) is 4.07. The minimum absolute atomic E-state index is 0.494. The van der Waals surface area contributed by atoms with Gasteiger partial charge in [-0.25, -0.2) is 4.98 Å². The average Bonchev–Trinajstić information content (AvgIpc) is 2.77. The van der Waals surface area contributed by atoms with Crippen molar-refractivity contribution >= 4 is 5.69 Å². The number of hydrogen-bond acceptors (Lipinski definition) is 3. The third-order valence-electron chi connectivity index (χ3n) is 2.50. The summed E-state index contributed by atoms with van der Waals surface area (Å²) in [6, 6.07) is 7.50. The lowest BCUT2D eigenvalue weighted by Crippen LogP contribution is -2.04. The van der Waals surface area contributed by atoms with Crippen molar-refractivity contribution in [2.24, 2.45) is 0 Å². The molecule has 0 saturated heterocycles. The fraction of sp³-hybridized carbons (Fsp3) is 0.167. The van der Waals surface area contributed by atoms with Gasteiger partial charge in [0.2, 0.25) is 0 Å². The van der Waals surface area contributed by atoms with E-state index in [0.29, 0.717) is 11.3 Å². The van der Waals surface area contributed by atoms with Crippen LogP contribution in [0.2, 0.25) is 0 Å². The van der Waals surface area contributed by atoms with Gasteiger partial charge in [0.05, 0.1) is 16.9 Å². The number of benzene rings is 1. The Kier molecular flexibility index (Phi) is 2.61. The summed E-state index contributed by atoms with van der Waals surface area (Å²) in [5, 5.41) is 8.91. The van der Waals surface area contributed by atoms with Gasteiger partial charge < -0.3 is 10.3 Å². The number of nitrogen functional groups attached to an aromatic ring is 1. The highest BCUT2D eigenvalue weighted by Crippen LogP contribution is 2.22. The van der Waals surface area contributed by atoms with Crippen LogP contribution in [0.3, 0.4) is 0 Å². The van der Waals surface area contributed by atoms with Crippen molar-refractivity contribution in [2.45, 2.75) is 13.3 Å². The first kappa shape index (κ1) is 10.2. The molecular weight excluding hydrogens is 200 g/mol. The molecule has 16 heavy (non-hydrogen) atoms. The third-order valence-corrected chi connectivity index (χ3v) is 2.50. The van der Waals surface area contributed by atoms with Crippen molar-refractivity contribution in [3.05, 3.63) is 42.0 Å². The van der Waals surface area contributed by atoms with E-state index >= 15 is 0 Å². The highest BCUT2D eigenvalue weighted by atomic mass is 15.1. The van der Waals surface area contributed by atoms with Crippen LogP contribution >= 0.6 is 0 Å². The zero-order chi connectivity index (χ0) is 11.5. The molecule has 2 rings (SSSR count). The van der Waals surface area contributed by atoms with E-state index in [1.807, 2.05) is 29.8 Å². The maximum atomic E-state index is 8.91. The van der Waals surface area contributed by atoms with Crippen LogP contribution in [0.5, 0.6) is 0 Å². The van der Waals surface area contributed by atoms with Crippen molar-refractivity contribution in [3.63, 3.8) is 0 Å². The third kappa shape index (κ3) is 1.52. The van der Waals surface area contributed by atoms with Gasteiger partial charge in [-0.15, -0.1) is 0 Å². The number of hydrogen-bond donors (Lipinski definition) is 1. The maximum absolute atomic E-state index is 8.91. The van der Waals surface area contributed by atoms with E-state index in [4.69, 9.17) is 11.0 Å². The van der Waals surface area contributed by atoms with Crippen molar-refractivity contribution < 1.29 is 0 Å². The largest absolute Gasteiger partial charge is 0.396 e. The molecule has 0 aliphatic heterocycles. The Hall–Kier alpha value is -2.28. The number of anilines is 1. The number of aryl methyl sites for hydroxylation is 1. The lowest BCUT2D eigenvalue weighted by molar-refractivity contribution is 0.892. The normalized spacial score (nSPS) is 10.0. The van der Waals surface area contributed by atoms with E-state index in [1.165, 1.54) is 0 Å². The van der Waals surface area contributed by atoms with Crippen LogP contribution in [-0.4, -0.2) is 9.55 Å². The predicted molar refractivity (Wildman–Crippen MR) is 62.1 cm³/mol. The number of nitriles is 1. The number of aromatic nitrogens is 2. The summed E-state index contributed by atoms with van der Waals surface area (Å²) in [4.78, 5) is 4.23. The smallest absolute Gasteiger partial charge is 0.112 e. The Balaban J connectivity index is 2.62. The zero-order valence-electron chi connectivity index (χ0n) is 9.01. The lowest BCUT2D eigenvalue weighted by atomic mass is 10.1. The minimum atomic E-state index is 0.494. The first-order valence-corrected chi connectivity index (χ1v) is 5.09. The summed E-state index contributed by atoms with van der Waals surface area (Å²) in [7, 11) is 0. The van der Waals surface area contributed by atoms with Crippen molar-refractivity contribution in [1.29, 1.82) is 5.26 Å². The van der Waals surface area contributed by atoms with Crippen molar-refractivity contribution in [3.8, 4) is 11.8 Å². The second-order valence-corrected chi connectivity index (χ2v) is 3.42. The molecule has 4 heteroatoms. The van der Waals surface area contributed by atoms with Crippen LogP contribution in [0.1, 0.15) is 18.3 Å². The standard InChI is InChI=1S/C12H12N4/c1-2-11-15-6-7-16(11)10-5-3-4-9(8-13)12(10)14/h3-7H,2,14H2,1H3. The Bertz CT molecular complexity index is 548. The zero-order valence-corrected chi connectivity index (χ0v) is 9.01. The van der Waals surface area contributed by atoms with Gasteiger partial charge in [-0.05, 0) is 12.1 Å². The highest BCUT2D eigenvalue weighted by Gasteiger charge is 2.08. The first-order chi connectivity index (χ1) is 7.77. The molecule has 0 aliphatic rings. The molecule has 2 N–H and O–H groups in total. The lowest BCUT2D eigenvalue weighted by Gasteiger charge is -2.10. The van der Waals surface area contributed by atoms with Crippen LogP contribution in [0, 0.1) is 11.3 Å². The predicted octanol–water partition coefficient (Wildman–Crippen LogP) is 1.89. The van der Waals surface area contributed by atoms with Gasteiger partial charge in [0, 0.05) is 18.8 Å². The summed E-state index contributed by atoms with van der Waals surface area (Å²) < 4.78 is 1.91. The molecule has 0 amide bonds. The molecule has 80 valence electrons. The molecule has 0 radical (unpaired) electrons. The minimum Gasteiger partial charge on any atom is -0.396 e. The SMILES string of the molecule is CCc1nccn1-c1cccc(C#N)c1N. The molecule has 0 aliphatic carbocycles. The molecule has 0 bridgehead atoms. The summed E-state index contributed by atoms with van der Waals surface area (Å²) in [6.07, 6.45) is 4.41. The van der Waals surface area contributed by atoms with E-state index < -0.39 is 0 Å². The van der Waals surface area contributed by atoms with Crippen LogP contribution in [0.4, 0.5) is 5.69 Å². The van der Waals surface area contributed by atoms with Gasteiger partial charge in [-0.3, -0.25) is 0 Å². The van der Waals surface area contributed by atoms with Gasteiger partial charge in [-0.2, -0.15) is 5.26 Å². The number of nitrogens with two attached hydrogens (primary N) is 1. The fourth-order valence-corrected chi connectivity index (χ4v) is 1.68. The fourth-order valence-electron chi connectivity index (χ4n) is 1.68. The molecule has 1 heterocycles. The molecule has 0 atom stereocenters.